The molecule has 0 fully saturated rings. The highest BCUT2D eigenvalue weighted by Gasteiger charge is 2.14. The molecular weight excluding hydrogens is 243 g/mol. The zero-order chi connectivity index (χ0) is 14.0. The quantitative estimate of drug-likeness (QED) is 0.914. The van der Waals surface area contributed by atoms with Crippen molar-refractivity contribution < 1.29 is 14.2 Å². The van der Waals surface area contributed by atoms with E-state index < -0.39 is 6.10 Å². The van der Waals surface area contributed by atoms with Crippen LogP contribution in [0, 0.1) is 19.7 Å². The molecule has 2 aromatic rings. The van der Waals surface area contributed by atoms with Crippen LogP contribution in [-0.4, -0.2) is 12.2 Å². The van der Waals surface area contributed by atoms with E-state index >= 15 is 0 Å². The summed E-state index contributed by atoms with van der Waals surface area (Å²) in [7, 11) is 1.60. The minimum Gasteiger partial charge on any atom is -0.497 e. The van der Waals surface area contributed by atoms with Crippen molar-refractivity contribution in [3.05, 3.63) is 64.5 Å². The third-order valence-corrected chi connectivity index (χ3v) is 3.15. The molecule has 0 aliphatic carbocycles. The third-order valence-electron chi connectivity index (χ3n) is 3.15. The normalized spacial score (nSPS) is 12.3. The van der Waals surface area contributed by atoms with Crippen LogP contribution in [0.4, 0.5) is 4.39 Å². The van der Waals surface area contributed by atoms with Gasteiger partial charge in [0.15, 0.2) is 0 Å². The zero-order valence-corrected chi connectivity index (χ0v) is 11.3. The Morgan fingerprint density at radius 1 is 1.11 bits per heavy atom. The minimum absolute atomic E-state index is 0.333. The molecule has 1 unspecified atom stereocenters. The molecule has 0 spiro atoms. The molecule has 0 radical (unpaired) electrons. The Hall–Kier alpha value is -1.87. The predicted octanol–water partition coefficient (Wildman–Crippen LogP) is 3.53. The first-order valence-corrected chi connectivity index (χ1v) is 6.11. The number of hydrogen-bond donors (Lipinski definition) is 1. The van der Waals surface area contributed by atoms with Crippen molar-refractivity contribution in [1.29, 1.82) is 0 Å². The van der Waals surface area contributed by atoms with Crippen molar-refractivity contribution in [2.75, 3.05) is 7.11 Å². The Bertz CT molecular complexity index is 573. The number of aryl methyl sites for hydroxylation is 2. The fourth-order valence-electron chi connectivity index (χ4n) is 2.18. The second kappa shape index (κ2) is 5.41. The van der Waals surface area contributed by atoms with Crippen molar-refractivity contribution in [2.24, 2.45) is 0 Å². The van der Waals surface area contributed by atoms with Crippen LogP contribution >= 0.6 is 0 Å². The summed E-state index contributed by atoms with van der Waals surface area (Å²) in [6.45, 7) is 3.70. The van der Waals surface area contributed by atoms with Crippen LogP contribution in [0.5, 0.6) is 5.75 Å². The molecule has 2 nitrogen and oxygen atoms in total. The summed E-state index contributed by atoms with van der Waals surface area (Å²) in [6.07, 6.45) is -0.833. The molecule has 0 heterocycles. The number of hydrogen-bond acceptors (Lipinski definition) is 2. The van der Waals surface area contributed by atoms with Gasteiger partial charge in [0.2, 0.25) is 0 Å². The molecule has 0 aromatic heterocycles. The summed E-state index contributed by atoms with van der Waals surface area (Å²) in [6, 6.07) is 10.0. The summed E-state index contributed by atoms with van der Waals surface area (Å²) in [5.41, 5.74) is 3.02. The highest BCUT2D eigenvalue weighted by Crippen LogP contribution is 2.28. The van der Waals surface area contributed by atoms with Crippen LogP contribution in [0.15, 0.2) is 36.4 Å². The summed E-state index contributed by atoms with van der Waals surface area (Å²) in [5, 5.41) is 10.4. The molecule has 0 amide bonds. The molecule has 1 atom stereocenters. The Labute approximate surface area is 112 Å². The lowest BCUT2D eigenvalue weighted by Crippen LogP contribution is -2.03. The maximum Gasteiger partial charge on any atom is 0.123 e. The lowest BCUT2D eigenvalue weighted by Gasteiger charge is -2.15. The molecule has 2 rings (SSSR count). The van der Waals surface area contributed by atoms with Crippen molar-refractivity contribution >= 4 is 0 Å². The number of rotatable bonds is 3. The lowest BCUT2D eigenvalue weighted by molar-refractivity contribution is 0.219. The van der Waals surface area contributed by atoms with E-state index in [1.165, 1.54) is 12.1 Å². The van der Waals surface area contributed by atoms with E-state index in [-0.39, 0.29) is 5.82 Å². The van der Waals surface area contributed by atoms with Crippen LogP contribution < -0.4 is 4.74 Å². The molecule has 19 heavy (non-hydrogen) atoms. The highest BCUT2D eigenvalue weighted by atomic mass is 19.1. The van der Waals surface area contributed by atoms with Gasteiger partial charge in [-0.15, -0.1) is 0 Å². The van der Waals surface area contributed by atoms with Crippen LogP contribution in [0.2, 0.25) is 0 Å². The van der Waals surface area contributed by atoms with E-state index in [1.807, 2.05) is 13.0 Å². The van der Waals surface area contributed by atoms with Gasteiger partial charge in [-0.05, 0) is 60.4 Å². The molecule has 100 valence electrons. The second-order valence-corrected chi connectivity index (χ2v) is 4.69. The van der Waals surface area contributed by atoms with Crippen LogP contribution in [0.25, 0.3) is 0 Å². The number of ether oxygens (including phenoxy) is 1. The van der Waals surface area contributed by atoms with Crippen LogP contribution in [0.3, 0.4) is 0 Å². The van der Waals surface area contributed by atoms with Gasteiger partial charge in [0.05, 0.1) is 7.11 Å². The maximum absolute atomic E-state index is 13.4. The monoisotopic (exact) mass is 260 g/mol. The summed E-state index contributed by atoms with van der Waals surface area (Å²) >= 11 is 0. The average molecular weight is 260 g/mol. The standard InChI is InChI=1S/C16H17FO2/c1-10-6-12(9-13(17)7-10)16(18)15-5-4-14(19-3)8-11(15)2/h4-9,16,18H,1-3H3. The summed E-state index contributed by atoms with van der Waals surface area (Å²) in [4.78, 5) is 0. The van der Waals surface area contributed by atoms with Crippen LogP contribution in [-0.2, 0) is 0 Å². The average Bonchev–Trinajstić information content (AvgIpc) is 2.36. The van der Waals surface area contributed by atoms with Gasteiger partial charge < -0.3 is 9.84 Å². The Morgan fingerprint density at radius 3 is 2.42 bits per heavy atom. The van der Waals surface area contributed by atoms with E-state index in [4.69, 9.17) is 4.74 Å². The first-order chi connectivity index (χ1) is 9.01. The van der Waals surface area contributed by atoms with Crippen molar-refractivity contribution in [1.82, 2.24) is 0 Å². The smallest absolute Gasteiger partial charge is 0.123 e. The molecule has 1 N–H and O–H groups in total. The van der Waals surface area contributed by atoms with Gasteiger partial charge in [-0.3, -0.25) is 0 Å². The molecular formula is C16H17FO2. The predicted molar refractivity (Wildman–Crippen MR) is 72.9 cm³/mol. The lowest BCUT2D eigenvalue weighted by atomic mass is 9.96. The van der Waals surface area contributed by atoms with Crippen molar-refractivity contribution in [3.8, 4) is 5.75 Å². The zero-order valence-electron chi connectivity index (χ0n) is 11.3. The molecule has 0 aliphatic heterocycles. The third kappa shape index (κ3) is 2.93. The van der Waals surface area contributed by atoms with E-state index in [9.17, 15) is 9.50 Å². The van der Waals surface area contributed by atoms with Crippen molar-refractivity contribution in [2.45, 2.75) is 20.0 Å². The minimum atomic E-state index is -0.833. The van der Waals surface area contributed by atoms with Crippen LogP contribution in [0.1, 0.15) is 28.4 Å². The Balaban J connectivity index is 2.40. The number of methoxy groups -OCH3 is 1. The van der Waals surface area contributed by atoms with Gasteiger partial charge in [-0.2, -0.15) is 0 Å². The number of aliphatic hydroxyl groups excluding tert-OH is 1. The molecule has 0 saturated carbocycles. The fraction of sp³-hybridized carbons (Fsp3) is 0.250. The number of benzene rings is 2. The Kier molecular flexibility index (Phi) is 3.86. The van der Waals surface area contributed by atoms with Gasteiger partial charge in [0, 0.05) is 0 Å². The van der Waals surface area contributed by atoms with E-state index in [2.05, 4.69) is 0 Å². The summed E-state index contributed by atoms with van der Waals surface area (Å²) in [5.74, 6) is 0.407. The number of aliphatic hydroxyl groups is 1. The van der Waals surface area contributed by atoms with Gasteiger partial charge in [-0.25, -0.2) is 4.39 Å². The first-order valence-electron chi connectivity index (χ1n) is 6.11. The SMILES string of the molecule is COc1ccc(C(O)c2cc(C)cc(F)c2)c(C)c1. The second-order valence-electron chi connectivity index (χ2n) is 4.69. The molecule has 0 aliphatic rings. The molecule has 0 saturated heterocycles. The highest BCUT2D eigenvalue weighted by molar-refractivity contribution is 5.40. The largest absolute Gasteiger partial charge is 0.497 e. The summed E-state index contributed by atoms with van der Waals surface area (Å²) < 4.78 is 18.5. The van der Waals surface area contributed by atoms with E-state index in [0.717, 1.165) is 22.4 Å². The number of halogens is 1. The van der Waals surface area contributed by atoms with Gasteiger partial charge in [0.1, 0.15) is 17.7 Å². The molecule has 3 heteroatoms. The first kappa shape index (κ1) is 13.6. The fourth-order valence-corrected chi connectivity index (χ4v) is 2.18. The van der Waals surface area contributed by atoms with Crippen molar-refractivity contribution in [3.63, 3.8) is 0 Å². The van der Waals surface area contributed by atoms with Gasteiger partial charge in [-0.1, -0.05) is 12.1 Å². The maximum atomic E-state index is 13.4. The van der Waals surface area contributed by atoms with E-state index in [1.54, 1.807) is 32.2 Å². The molecule has 0 bridgehead atoms. The van der Waals surface area contributed by atoms with Gasteiger partial charge >= 0.3 is 0 Å². The van der Waals surface area contributed by atoms with E-state index in [0.29, 0.717) is 5.56 Å². The molecule has 2 aromatic carbocycles. The van der Waals surface area contributed by atoms with Gasteiger partial charge in [0.25, 0.3) is 0 Å². The Morgan fingerprint density at radius 2 is 1.84 bits per heavy atom. The topological polar surface area (TPSA) is 29.5 Å².